The topological polar surface area (TPSA) is 133 Å². The fraction of sp³-hybridized carbons (Fsp3) is 0.359. The van der Waals surface area contributed by atoms with E-state index in [0.717, 1.165) is 84.6 Å². The molecule has 4 amide bonds. The second kappa shape index (κ2) is 13.4. The molecule has 4 aliphatic rings. The van der Waals surface area contributed by atoms with Crippen molar-refractivity contribution >= 4 is 46.3 Å². The van der Waals surface area contributed by atoms with Gasteiger partial charge in [0.2, 0.25) is 11.8 Å². The number of anilines is 1. The predicted molar refractivity (Wildman–Crippen MR) is 195 cm³/mol. The van der Waals surface area contributed by atoms with Crippen LogP contribution in [0.4, 0.5) is 5.69 Å². The Hall–Kier alpha value is -5.27. The molecule has 3 aromatic heterocycles. The summed E-state index contributed by atoms with van der Waals surface area (Å²) in [5.41, 5.74) is 6.86. The lowest BCUT2D eigenvalue weighted by atomic mass is 9.88. The summed E-state index contributed by atoms with van der Waals surface area (Å²) in [6.45, 7) is 4.97. The third kappa shape index (κ3) is 6.07. The molecule has 2 atom stereocenters. The van der Waals surface area contributed by atoms with Crippen molar-refractivity contribution in [3.05, 3.63) is 101 Å². The van der Waals surface area contributed by atoms with Crippen LogP contribution in [0.25, 0.3) is 16.3 Å². The van der Waals surface area contributed by atoms with E-state index in [-0.39, 0.29) is 18.7 Å². The standard InChI is InChI=1S/C39H38N8O4S/c48-34-8-7-33(36(49)43-34)47-38(50)29-6-5-28(20-30(29)39(47)51)45-16-9-25(22-45)21-44-14-10-27(11-15-44)26-3-1-24(2-4-26)19-31-35-40-12-17-46(35)23-32(42-31)37-41-13-18-52-37/h1-6,12-13,17-18,20,23,25,27,33H,7-11,14-16,19,21-22H2,(H,43,48,49)/t25-,33+/m1/s1. The maximum atomic E-state index is 13.3. The van der Waals surface area contributed by atoms with Crippen LogP contribution in [-0.4, -0.2) is 91.5 Å². The Kier molecular flexibility index (Phi) is 8.39. The Morgan fingerprint density at radius 2 is 1.69 bits per heavy atom. The summed E-state index contributed by atoms with van der Waals surface area (Å²) < 4.78 is 2.03. The minimum atomic E-state index is -0.955. The molecule has 3 fully saturated rings. The highest BCUT2D eigenvalue weighted by Gasteiger charge is 2.45. The van der Waals surface area contributed by atoms with Crippen molar-refractivity contribution in [3.8, 4) is 10.7 Å². The maximum absolute atomic E-state index is 13.3. The fourth-order valence-corrected chi connectivity index (χ4v) is 8.95. The Bertz CT molecular complexity index is 2190. The van der Waals surface area contributed by atoms with Gasteiger partial charge in [-0.2, -0.15) is 0 Å². The highest BCUT2D eigenvalue weighted by Crippen LogP contribution is 2.34. The SMILES string of the molecule is O=C1CC[C@H](N2C(=O)c3ccc(N4CC[C@H](CN5CCC(c6ccc(Cc7nc(-c8nccs8)cn8ccnc78)cc6)CC5)C4)cc3C2=O)C(=O)N1. The molecule has 12 nitrogen and oxygen atoms in total. The van der Waals surface area contributed by atoms with Crippen molar-refractivity contribution in [2.45, 2.75) is 50.5 Å². The number of benzene rings is 2. The van der Waals surface area contributed by atoms with E-state index in [4.69, 9.17) is 4.98 Å². The van der Waals surface area contributed by atoms with E-state index in [2.05, 4.69) is 49.4 Å². The van der Waals surface area contributed by atoms with Crippen LogP contribution in [0.2, 0.25) is 0 Å². The quantitative estimate of drug-likeness (QED) is 0.230. The minimum Gasteiger partial charge on any atom is -0.371 e. The van der Waals surface area contributed by atoms with Crippen LogP contribution in [-0.2, 0) is 16.0 Å². The Balaban J connectivity index is 0.784. The number of carbonyl (C=O) groups is 4. The monoisotopic (exact) mass is 714 g/mol. The number of hydrogen-bond donors (Lipinski definition) is 1. The van der Waals surface area contributed by atoms with Gasteiger partial charge in [0.25, 0.3) is 11.8 Å². The number of amides is 4. The number of nitrogens with one attached hydrogen (secondary N) is 1. The molecule has 264 valence electrons. The fourth-order valence-electron chi connectivity index (χ4n) is 8.36. The number of carbonyl (C=O) groups excluding carboxylic acids is 4. The average Bonchev–Trinajstić information content (AvgIpc) is 3.98. The van der Waals surface area contributed by atoms with Gasteiger partial charge in [0.05, 0.1) is 16.8 Å². The lowest BCUT2D eigenvalue weighted by molar-refractivity contribution is -0.136. The van der Waals surface area contributed by atoms with Gasteiger partial charge in [-0.05, 0) is 79.9 Å². The number of imide groups is 2. The number of aromatic nitrogens is 4. The molecule has 9 rings (SSSR count). The summed E-state index contributed by atoms with van der Waals surface area (Å²) in [6.07, 6.45) is 11.9. The number of rotatable bonds is 8. The number of nitrogens with zero attached hydrogens (tertiary/aromatic N) is 7. The van der Waals surface area contributed by atoms with Gasteiger partial charge in [-0.25, -0.2) is 15.0 Å². The van der Waals surface area contributed by atoms with Gasteiger partial charge < -0.3 is 14.2 Å². The van der Waals surface area contributed by atoms with Crippen LogP contribution in [0.1, 0.15) is 75.6 Å². The van der Waals surface area contributed by atoms with Crippen molar-refractivity contribution in [2.24, 2.45) is 5.92 Å². The molecule has 0 radical (unpaired) electrons. The molecule has 0 bridgehead atoms. The highest BCUT2D eigenvalue weighted by molar-refractivity contribution is 7.13. The number of imidazole rings is 1. The summed E-state index contributed by atoms with van der Waals surface area (Å²) in [4.78, 5) is 70.4. The summed E-state index contributed by atoms with van der Waals surface area (Å²) in [6, 6.07) is 13.5. The lowest BCUT2D eigenvalue weighted by Crippen LogP contribution is -2.54. The van der Waals surface area contributed by atoms with Gasteiger partial charge >= 0.3 is 0 Å². The van der Waals surface area contributed by atoms with Crippen LogP contribution in [0.5, 0.6) is 0 Å². The number of thiazole rings is 1. The zero-order valence-electron chi connectivity index (χ0n) is 28.6. The molecule has 0 spiro atoms. The molecular weight excluding hydrogens is 677 g/mol. The van der Waals surface area contributed by atoms with Gasteiger partial charge in [0, 0.05) is 68.3 Å². The van der Waals surface area contributed by atoms with Gasteiger partial charge in [0.15, 0.2) is 5.65 Å². The van der Waals surface area contributed by atoms with Crippen molar-refractivity contribution in [1.82, 2.24) is 34.5 Å². The van der Waals surface area contributed by atoms with Crippen molar-refractivity contribution in [1.29, 1.82) is 0 Å². The van der Waals surface area contributed by atoms with Crippen LogP contribution in [0, 0.1) is 5.92 Å². The summed E-state index contributed by atoms with van der Waals surface area (Å²) in [7, 11) is 0. The number of piperidine rings is 2. The normalized spacial score (nSPS) is 21.4. The zero-order valence-corrected chi connectivity index (χ0v) is 29.4. The van der Waals surface area contributed by atoms with Gasteiger partial charge in [-0.1, -0.05) is 24.3 Å². The second-order valence-corrected chi connectivity index (χ2v) is 15.2. The average molecular weight is 715 g/mol. The summed E-state index contributed by atoms with van der Waals surface area (Å²) in [5.74, 6) is -0.842. The van der Waals surface area contributed by atoms with Crippen molar-refractivity contribution < 1.29 is 19.2 Å². The van der Waals surface area contributed by atoms with Gasteiger partial charge in [0.1, 0.15) is 16.7 Å². The lowest BCUT2D eigenvalue weighted by Gasteiger charge is -2.34. The molecule has 3 saturated heterocycles. The third-order valence-corrected chi connectivity index (χ3v) is 11.9. The summed E-state index contributed by atoms with van der Waals surface area (Å²) in [5, 5.41) is 5.13. The highest BCUT2D eigenvalue weighted by atomic mass is 32.1. The first-order valence-electron chi connectivity index (χ1n) is 18.0. The first-order valence-corrected chi connectivity index (χ1v) is 18.9. The molecular formula is C39H38N8O4S. The minimum absolute atomic E-state index is 0.106. The van der Waals surface area contributed by atoms with E-state index >= 15 is 0 Å². The van der Waals surface area contributed by atoms with Gasteiger partial charge in [-0.15, -0.1) is 11.3 Å². The van der Waals surface area contributed by atoms with E-state index in [1.165, 1.54) is 11.1 Å². The predicted octanol–water partition coefficient (Wildman–Crippen LogP) is 4.55. The van der Waals surface area contributed by atoms with Crippen molar-refractivity contribution in [3.63, 3.8) is 0 Å². The smallest absolute Gasteiger partial charge is 0.262 e. The molecule has 4 aliphatic heterocycles. The van der Waals surface area contributed by atoms with Gasteiger partial charge in [-0.3, -0.25) is 29.4 Å². The molecule has 0 unspecified atom stereocenters. The van der Waals surface area contributed by atoms with Crippen molar-refractivity contribution in [2.75, 3.05) is 37.6 Å². The number of fused-ring (bicyclic) bond motifs is 2. The molecule has 0 aliphatic carbocycles. The Labute approximate surface area is 304 Å². The zero-order chi connectivity index (χ0) is 35.3. The van der Waals surface area contributed by atoms with E-state index < -0.39 is 23.8 Å². The molecule has 13 heteroatoms. The molecule has 52 heavy (non-hydrogen) atoms. The number of likely N-dealkylation sites (tertiary alicyclic amines) is 1. The van der Waals surface area contributed by atoms with E-state index in [9.17, 15) is 19.2 Å². The first kappa shape index (κ1) is 32.6. The molecule has 0 saturated carbocycles. The first-order chi connectivity index (χ1) is 25.4. The van der Waals surface area contributed by atoms with Crippen LogP contribution in [0.3, 0.4) is 0 Å². The maximum Gasteiger partial charge on any atom is 0.262 e. The van der Waals surface area contributed by atoms with E-state index in [1.54, 1.807) is 29.7 Å². The third-order valence-electron chi connectivity index (χ3n) is 11.1. The van der Waals surface area contributed by atoms with Crippen LogP contribution < -0.4 is 10.2 Å². The number of hydrogen-bond acceptors (Lipinski definition) is 10. The molecule has 1 N–H and O–H groups in total. The van der Waals surface area contributed by atoms with Crippen LogP contribution in [0.15, 0.2) is 72.6 Å². The Morgan fingerprint density at radius 1 is 0.865 bits per heavy atom. The second-order valence-electron chi connectivity index (χ2n) is 14.3. The Morgan fingerprint density at radius 3 is 2.48 bits per heavy atom. The molecule has 2 aromatic carbocycles. The summed E-state index contributed by atoms with van der Waals surface area (Å²) >= 11 is 1.59. The van der Waals surface area contributed by atoms with Crippen LogP contribution >= 0.6 is 11.3 Å². The molecule has 5 aromatic rings. The largest absolute Gasteiger partial charge is 0.371 e. The van der Waals surface area contributed by atoms with E-state index in [0.29, 0.717) is 29.4 Å². The molecule has 7 heterocycles. The van der Waals surface area contributed by atoms with E-state index in [1.807, 2.05) is 34.4 Å².